The molecule has 0 bridgehead atoms. The van der Waals surface area contributed by atoms with Crippen LogP contribution in [0.25, 0.3) is 16.8 Å². The number of hydrogen-bond donors (Lipinski definition) is 3. The average Bonchev–Trinajstić information content (AvgIpc) is 3.07. The predicted octanol–water partition coefficient (Wildman–Crippen LogP) is 4.03. The summed E-state index contributed by atoms with van der Waals surface area (Å²) >= 11 is 6.25. The van der Waals surface area contributed by atoms with Gasteiger partial charge in [-0.15, -0.1) is 5.10 Å². The van der Waals surface area contributed by atoms with Gasteiger partial charge in [0.1, 0.15) is 5.75 Å². The van der Waals surface area contributed by atoms with Crippen LogP contribution in [0.1, 0.15) is 5.56 Å². The van der Waals surface area contributed by atoms with E-state index in [2.05, 4.69) is 15.4 Å². The summed E-state index contributed by atoms with van der Waals surface area (Å²) in [4.78, 5) is 4.46. The van der Waals surface area contributed by atoms with E-state index in [0.717, 1.165) is 22.4 Å². The zero-order valence-electron chi connectivity index (χ0n) is 14.3. The molecule has 3 N–H and O–H groups in total. The zero-order valence-corrected chi connectivity index (χ0v) is 15.1. The van der Waals surface area contributed by atoms with Gasteiger partial charge in [-0.1, -0.05) is 23.7 Å². The molecule has 0 amide bonds. The van der Waals surface area contributed by atoms with Crippen molar-refractivity contribution in [1.29, 1.82) is 0 Å². The quantitative estimate of drug-likeness (QED) is 0.487. The Bertz CT molecular complexity index is 1090. The van der Waals surface area contributed by atoms with Gasteiger partial charge in [0.15, 0.2) is 5.65 Å². The second kappa shape index (κ2) is 7.26. The van der Waals surface area contributed by atoms with Crippen molar-refractivity contribution in [2.24, 2.45) is 0 Å². The summed E-state index contributed by atoms with van der Waals surface area (Å²) in [5.41, 5.74) is 4.17. The summed E-state index contributed by atoms with van der Waals surface area (Å²) in [6.45, 7) is 0.131. The van der Waals surface area contributed by atoms with Gasteiger partial charge in [-0.05, 0) is 54.4 Å². The molecule has 4 aromatic rings. The number of aliphatic hydroxyl groups is 1. The van der Waals surface area contributed by atoms with Crippen LogP contribution < -0.4 is 5.32 Å². The average molecular weight is 381 g/mol. The van der Waals surface area contributed by atoms with Crippen LogP contribution in [0.2, 0.25) is 5.02 Å². The van der Waals surface area contributed by atoms with E-state index < -0.39 is 0 Å². The van der Waals surface area contributed by atoms with Crippen LogP contribution in [0.4, 0.5) is 11.6 Å². The number of benzene rings is 2. The SMILES string of the molecule is OCCc1ccc(Nc2nc3ccc(-c4cc(O)ccc4Cl)cn3n2)cc1. The Labute approximate surface area is 160 Å². The van der Waals surface area contributed by atoms with Gasteiger partial charge in [-0.25, -0.2) is 4.52 Å². The summed E-state index contributed by atoms with van der Waals surface area (Å²) < 4.78 is 1.66. The van der Waals surface area contributed by atoms with Crippen molar-refractivity contribution in [3.63, 3.8) is 0 Å². The second-order valence-corrected chi connectivity index (χ2v) is 6.52. The fourth-order valence-corrected chi connectivity index (χ4v) is 3.07. The molecule has 0 fully saturated rings. The number of aliphatic hydroxyl groups excluding tert-OH is 1. The molecular weight excluding hydrogens is 364 g/mol. The molecule has 27 heavy (non-hydrogen) atoms. The molecule has 0 saturated carbocycles. The van der Waals surface area contributed by atoms with Crippen LogP contribution in [0.3, 0.4) is 0 Å². The fraction of sp³-hybridized carbons (Fsp3) is 0.100. The first-order chi connectivity index (χ1) is 13.1. The molecule has 0 aliphatic rings. The monoisotopic (exact) mass is 380 g/mol. The number of fused-ring (bicyclic) bond motifs is 1. The van der Waals surface area contributed by atoms with Crippen LogP contribution in [-0.2, 0) is 6.42 Å². The summed E-state index contributed by atoms with van der Waals surface area (Å²) in [7, 11) is 0. The van der Waals surface area contributed by atoms with Crippen molar-refractivity contribution >= 4 is 28.9 Å². The van der Waals surface area contributed by atoms with E-state index in [1.54, 1.807) is 22.7 Å². The highest BCUT2D eigenvalue weighted by Gasteiger charge is 2.09. The lowest BCUT2D eigenvalue weighted by Gasteiger charge is -2.05. The molecule has 7 heteroatoms. The maximum Gasteiger partial charge on any atom is 0.247 e. The second-order valence-electron chi connectivity index (χ2n) is 6.12. The van der Waals surface area contributed by atoms with Crippen molar-refractivity contribution in [3.05, 3.63) is 71.4 Å². The molecule has 2 aromatic carbocycles. The van der Waals surface area contributed by atoms with E-state index in [4.69, 9.17) is 16.7 Å². The van der Waals surface area contributed by atoms with Gasteiger partial charge in [0.05, 0.1) is 0 Å². The highest BCUT2D eigenvalue weighted by Crippen LogP contribution is 2.31. The van der Waals surface area contributed by atoms with Crippen molar-refractivity contribution in [3.8, 4) is 16.9 Å². The minimum Gasteiger partial charge on any atom is -0.508 e. The van der Waals surface area contributed by atoms with Gasteiger partial charge in [-0.2, -0.15) is 4.98 Å². The molecule has 136 valence electrons. The summed E-state index contributed by atoms with van der Waals surface area (Å²) in [6.07, 6.45) is 2.45. The van der Waals surface area contributed by atoms with Gasteiger partial charge in [0, 0.05) is 34.6 Å². The Kier molecular flexibility index (Phi) is 4.66. The number of anilines is 2. The minimum absolute atomic E-state index is 0.131. The van der Waals surface area contributed by atoms with Crippen LogP contribution in [-0.4, -0.2) is 31.4 Å². The van der Waals surface area contributed by atoms with Crippen LogP contribution in [0, 0.1) is 0 Å². The van der Waals surface area contributed by atoms with Crippen molar-refractivity contribution < 1.29 is 10.2 Å². The summed E-state index contributed by atoms with van der Waals surface area (Å²) in [5, 5.41) is 26.9. The Morgan fingerprint density at radius 2 is 1.85 bits per heavy atom. The number of hydrogen-bond acceptors (Lipinski definition) is 5. The lowest BCUT2D eigenvalue weighted by Crippen LogP contribution is -1.95. The lowest BCUT2D eigenvalue weighted by molar-refractivity contribution is 0.299. The van der Waals surface area contributed by atoms with Crippen LogP contribution in [0.5, 0.6) is 5.75 Å². The highest BCUT2D eigenvalue weighted by molar-refractivity contribution is 6.33. The standard InChI is InChI=1S/C20H17ClN4O2/c21-18-7-6-16(27)11-17(18)14-3-8-19-23-20(24-25(19)12-14)22-15-4-1-13(2-5-15)9-10-26/h1-8,11-12,26-27H,9-10H2,(H,22,24). The number of phenolic OH excluding ortho intramolecular Hbond substituents is 1. The number of pyridine rings is 1. The first-order valence-corrected chi connectivity index (χ1v) is 8.82. The van der Waals surface area contributed by atoms with Crippen molar-refractivity contribution in [2.75, 3.05) is 11.9 Å². The van der Waals surface area contributed by atoms with E-state index in [1.807, 2.05) is 42.6 Å². The molecule has 0 spiro atoms. The molecule has 0 aliphatic carbocycles. The number of nitrogens with zero attached hydrogens (tertiary/aromatic N) is 3. The molecule has 6 nitrogen and oxygen atoms in total. The number of aromatic hydroxyl groups is 1. The van der Waals surface area contributed by atoms with E-state index in [1.165, 1.54) is 0 Å². The highest BCUT2D eigenvalue weighted by atomic mass is 35.5. The van der Waals surface area contributed by atoms with Gasteiger partial charge in [-0.3, -0.25) is 0 Å². The first kappa shape index (κ1) is 17.3. The first-order valence-electron chi connectivity index (χ1n) is 8.44. The smallest absolute Gasteiger partial charge is 0.247 e. The Balaban J connectivity index is 1.62. The zero-order chi connectivity index (χ0) is 18.8. The van der Waals surface area contributed by atoms with E-state index in [-0.39, 0.29) is 12.4 Å². The topological polar surface area (TPSA) is 82.7 Å². The van der Waals surface area contributed by atoms with Crippen molar-refractivity contribution in [2.45, 2.75) is 6.42 Å². The Morgan fingerprint density at radius 3 is 2.63 bits per heavy atom. The molecule has 4 rings (SSSR count). The lowest BCUT2D eigenvalue weighted by atomic mass is 10.1. The van der Waals surface area contributed by atoms with Crippen LogP contribution in [0.15, 0.2) is 60.8 Å². The van der Waals surface area contributed by atoms with Gasteiger partial charge >= 0.3 is 0 Å². The fourth-order valence-electron chi connectivity index (χ4n) is 2.84. The minimum atomic E-state index is 0.131. The van der Waals surface area contributed by atoms with Gasteiger partial charge in [0.25, 0.3) is 0 Å². The Morgan fingerprint density at radius 1 is 1.04 bits per heavy atom. The largest absolute Gasteiger partial charge is 0.508 e. The third kappa shape index (κ3) is 3.72. The number of nitrogens with one attached hydrogen (secondary N) is 1. The molecule has 0 atom stereocenters. The van der Waals surface area contributed by atoms with E-state index in [0.29, 0.717) is 23.0 Å². The predicted molar refractivity (Wildman–Crippen MR) is 106 cm³/mol. The van der Waals surface area contributed by atoms with Crippen molar-refractivity contribution in [1.82, 2.24) is 14.6 Å². The molecule has 0 saturated heterocycles. The molecule has 0 radical (unpaired) electrons. The molecule has 0 unspecified atom stereocenters. The number of rotatable bonds is 5. The number of halogens is 1. The maximum atomic E-state index is 9.72. The number of aromatic nitrogens is 3. The number of phenols is 1. The molecule has 2 aromatic heterocycles. The molecular formula is C20H17ClN4O2. The van der Waals surface area contributed by atoms with E-state index >= 15 is 0 Å². The summed E-state index contributed by atoms with van der Waals surface area (Å²) in [5.74, 6) is 0.629. The normalized spacial score (nSPS) is 11.0. The van der Waals surface area contributed by atoms with Gasteiger partial charge < -0.3 is 15.5 Å². The summed E-state index contributed by atoms with van der Waals surface area (Å²) in [6, 6.07) is 16.3. The van der Waals surface area contributed by atoms with E-state index in [9.17, 15) is 5.11 Å². The van der Waals surface area contributed by atoms with Gasteiger partial charge in [0.2, 0.25) is 5.95 Å². The third-order valence-electron chi connectivity index (χ3n) is 4.20. The molecule has 0 aliphatic heterocycles. The van der Waals surface area contributed by atoms with Crippen LogP contribution >= 0.6 is 11.6 Å². The maximum absolute atomic E-state index is 9.72. The molecule has 2 heterocycles. The Hall–Kier alpha value is -3.09. The third-order valence-corrected chi connectivity index (χ3v) is 4.53.